The molecule has 1 heterocycles. The molecule has 3 rings (SSSR count). The van der Waals surface area contributed by atoms with Gasteiger partial charge in [0.2, 0.25) is 5.78 Å². The summed E-state index contributed by atoms with van der Waals surface area (Å²) in [5.41, 5.74) is 2.91. The molecule has 2 aromatic carbocycles. The van der Waals surface area contributed by atoms with Crippen LogP contribution in [0.25, 0.3) is 17.0 Å². The molecule has 0 saturated carbocycles. The van der Waals surface area contributed by atoms with Crippen molar-refractivity contribution >= 4 is 22.8 Å². The Kier molecular flexibility index (Phi) is 3.21. The molecule has 0 aliphatic rings. The first-order valence-corrected chi connectivity index (χ1v) is 6.50. The minimum atomic E-state index is -0.122. The van der Waals surface area contributed by atoms with E-state index in [1.807, 2.05) is 61.5 Å². The van der Waals surface area contributed by atoms with Crippen molar-refractivity contribution in [3.8, 4) is 0 Å². The molecule has 0 amide bonds. The maximum atomic E-state index is 12.1. The van der Waals surface area contributed by atoms with E-state index in [2.05, 4.69) is 0 Å². The van der Waals surface area contributed by atoms with E-state index in [1.54, 1.807) is 12.1 Å². The van der Waals surface area contributed by atoms with Crippen LogP contribution in [0.15, 0.2) is 65.1 Å². The molecule has 3 aromatic rings. The Hall–Kier alpha value is -2.61. The molecule has 0 aliphatic carbocycles. The molecule has 2 heteroatoms. The molecule has 2 nitrogen and oxygen atoms in total. The number of hydrogen-bond acceptors (Lipinski definition) is 2. The van der Waals surface area contributed by atoms with Gasteiger partial charge in [0, 0.05) is 5.39 Å². The molecule has 0 fully saturated rings. The number of aryl methyl sites for hydroxylation is 1. The first-order valence-electron chi connectivity index (χ1n) is 6.50. The van der Waals surface area contributed by atoms with Crippen LogP contribution in [-0.2, 0) is 0 Å². The summed E-state index contributed by atoms with van der Waals surface area (Å²) in [4.78, 5) is 12.1. The van der Waals surface area contributed by atoms with Gasteiger partial charge in [-0.05, 0) is 30.7 Å². The van der Waals surface area contributed by atoms with Crippen LogP contribution in [0.5, 0.6) is 0 Å². The summed E-state index contributed by atoms with van der Waals surface area (Å²) in [6, 6.07) is 17.4. The third-order valence-electron chi connectivity index (χ3n) is 3.14. The van der Waals surface area contributed by atoms with Crippen molar-refractivity contribution in [2.24, 2.45) is 0 Å². The molecule has 98 valence electrons. The van der Waals surface area contributed by atoms with Gasteiger partial charge in [0.1, 0.15) is 5.58 Å². The van der Waals surface area contributed by atoms with Gasteiger partial charge in [-0.1, -0.05) is 54.1 Å². The number of allylic oxidation sites excluding steroid dienone is 1. The van der Waals surface area contributed by atoms with Gasteiger partial charge < -0.3 is 4.42 Å². The van der Waals surface area contributed by atoms with E-state index in [9.17, 15) is 4.79 Å². The zero-order chi connectivity index (χ0) is 13.9. The maximum absolute atomic E-state index is 12.1. The third kappa shape index (κ3) is 2.54. The zero-order valence-electron chi connectivity index (χ0n) is 11.2. The second-order valence-corrected chi connectivity index (χ2v) is 4.76. The van der Waals surface area contributed by atoms with E-state index < -0.39 is 0 Å². The fraction of sp³-hybridized carbons (Fsp3) is 0.0556. The van der Waals surface area contributed by atoms with Crippen LogP contribution < -0.4 is 0 Å². The van der Waals surface area contributed by atoms with Gasteiger partial charge in [0.05, 0.1) is 0 Å². The van der Waals surface area contributed by atoms with Gasteiger partial charge >= 0.3 is 0 Å². The first kappa shape index (κ1) is 12.4. The highest BCUT2D eigenvalue weighted by atomic mass is 16.3. The van der Waals surface area contributed by atoms with E-state index in [4.69, 9.17) is 4.42 Å². The van der Waals surface area contributed by atoms with Crippen LogP contribution in [0.3, 0.4) is 0 Å². The van der Waals surface area contributed by atoms with Gasteiger partial charge in [-0.25, -0.2) is 0 Å². The SMILES string of the molecule is Cc1cccc(C=CC(=O)c2cc3ccccc3o2)c1. The van der Waals surface area contributed by atoms with E-state index in [-0.39, 0.29) is 5.78 Å². The topological polar surface area (TPSA) is 30.2 Å². The van der Waals surface area contributed by atoms with Crippen molar-refractivity contribution in [2.75, 3.05) is 0 Å². The van der Waals surface area contributed by atoms with Crippen molar-refractivity contribution in [1.82, 2.24) is 0 Å². The average Bonchev–Trinajstić information content (AvgIpc) is 2.89. The van der Waals surface area contributed by atoms with Crippen LogP contribution in [-0.4, -0.2) is 5.78 Å². The molecule has 0 unspecified atom stereocenters. The summed E-state index contributed by atoms with van der Waals surface area (Å²) in [5.74, 6) is 0.248. The smallest absolute Gasteiger partial charge is 0.221 e. The van der Waals surface area contributed by atoms with Crippen molar-refractivity contribution < 1.29 is 9.21 Å². The van der Waals surface area contributed by atoms with Gasteiger partial charge in [-0.2, -0.15) is 0 Å². The molecular formula is C18H14O2. The molecule has 0 aliphatic heterocycles. The number of rotatable bonds is 3. The van der Waals surface area contributed by atoms with Crippen molar-refractivity contribution in [3.05, 3.63) is 77.6 Å². The van der Waals surface area contributed by atoms with Crippen molar-refractivity contribution in [2.45, 2.75) is 6.92 Å². The Balaban J connectivity index is 1.85. The number of furan rings is 1. The summed E-state index contributed by atoms with van der Waals surface area (Å²) in [6.45, 7) is 2.03. The highest BCUT2D eigenvalue weighted by Gasteiger charge is 2.08. The Labute approximate surface area is 117 Å². The lowest BCUT2D eigenvalue weighted by molar-refractivity contribution is 0.102. The highest BCUT2D eigenvalue weighted by molar-refractivity contribution is 6.06. The van der Waals surface area contributed by atoms with E-state index >= 15 is 0 Å². The molecule has 0 bridgehead atoms. The Morgan fingerprint density at radius 3 is 2.70 bits per heavy atom. The molecule has 0 atom stereocenters. The van der Waals surface area contributed by atoms with Crippen LogP contribution in [0, 0.1) is 6.92 Å². The second-order valence-electron chi connectivity index (χ2n) is 4.76. The second kappa shape index (κ2) is 5.17. The Morgan fingerprint density at radius 1 is 1.05 bits per heavy atom. The number of ketones is 1. The number of carbonyl (C=O) groups excluding carboxylic acids is 1. The van der Waals surface area contributed by atoms with Crippen molar-refractivity contribution in [1.29, 1.82) is 0 Å². The molecule has 1 aromatic heterocycles. The van der Waals surface area contributed by atoms with Crippen LogP contribution in [0.4, 0.5) is 0 Å². The van der Waals surface area contributed by atoms with Gasteiger partial charge in [-0.15, -0.1) is 0 Å². The minimum Gasteiger partial charge on any atom is -0.453 e. The lowest BCUT2D eigenvalue weighted by Crippen LogP contribution is -1.90. The first-order chi connectivity index (χ1) is 9.72. The number of para-hydroxylation sites is 1. The maximum Gasteiger partial charge on any atom is 0.221 e. The lowest BCUT2D eigenvalue weighted by Gasteiger charge is -1.94. The van der Waals surface area contributed by atoms with E-state index in [0.29, 0.717) is 5.76 Å². The monoisotopic (exact) mass is 262 g/mol. The van der Waals surface area contributed by atoms with Gasteiger partial charge in [-0.3, -0.25) is 4.79 Å². The van der Waals surface area contributed by atoms with Gasteiger partial charge in [0.25, 0.3) is 0 Å². The fourth-order valence-corrected chi connectivity index (χ4v) is 2.13. The Morgan fingerprint density at radius 2 is 1.90 bits per heavy atom. The highest BCUT2D eigenvalue weighted by Crippen LogP contribution is 2.19. The number of fused-ring (bicyclic) bond motifs is 1. The quantitative estimate of drug-likeness (QED) is 0.508. The summed E-state index contributed by atoms with van der Waals surface area (Å²) >= 11 is 0. The van der Waals surface area contributed by atoms with E-state index in [1.165, 1.54) is 5.56 Å². The predicted octanol–water partition coefficient (Wildman–Crippen LogP) is 4.64. The van der Waals surface area contributed by atoms with E-state index in [0.717, 1.165) is 16.5 Å². The number of hydrogen-bond donors (Lipinski definition) is 0. The normalized spacial score (nSPS) is 11.2. The standard InChI is InChI=1S/C18H14O2/c1-13-5-4-6-14(11-13)9-10-16(19)18-12-15-7-2-3-8-17(15)20-18/h2-12H,1H3. The Bertz CT molecular complexity index is 761. The molecule has 20 heavy (non-hydrogen) atoms. The minimum absolute atomic E-state index is 0.122. The summed E-state index contributed by atoms with van der Waals surface area (Å²) in [7, 11) is 0. The fourth-order valence-electron chi connectivity index (χ4n) is 2.13. The summed E-state index contributed by atoms with van der Waals surface area (Å²) < 4.78 is 5.54. The molecule has 0 spiro atoms. The molecule has 0 saturated heterocycles. The number of benzene rings is 2. The number of carbonyl (C=O) groups is 1. The lowest BCUT2D eigenvalue weighted by atomic mass is 10.1. The van der Waals surface area contributed by atoms with Crippen LogP contribution >= 0.6 is 0 Å². The largest absolute Gasteiger partial charge is 0.453 e. The summed E-state index contributed by atoms with van der Waals surface area (Å²) in [6.07, 6.45) is 3.36. The zero-order valence-corrected chi connectivity index (χ0v) is 11.2. The van der Waals surface area contributed by atoms with Crippen molar-refractivity contribution in [3.63, 3.8) is 0 Å². The molecule has 0 N–H and O–H groups in total. The molecular weight excluding hydrogens is 248 g/mol. The van der Waals surface area contributed by atoms with Crippen LogP contribution in [0.2, 0.25) is 0 Å². The third-order valence-corrected chi connectivity index (χ3v) is 3.14. The van der Waals surface area contributed by atoms with Crippen LogP contribution in [0.1, 0.15) is 21.7 Å². The molecule has 0 radical (unpaired) electrons. The summed E-state index contributed by atoms with van der Waals surface area (Å²) in [5, 5.41) is 0.944. The van der Waals surface area contributed by atoms with Gasteiger partial charge in [0.15, 0.2) is 5.76 Å². The average molecular weight is 262 g/mol. The predicted molar refractivity (Wildman–Crippen MR) is 80.8 cm³/mol.